The van der Waals surface area contributed by atoms with Crippen molar-refractivity contribution in [2.24, 2.45) is 0 Å². The molecule has 4 nitrogen and oxygen atoms in total. The van der Waals surface area contributed by atoms with Crippen molar-refractivity contribution in [3.63, 3.8) is 0 Å². The standard InChI is InChI=1S/C16H10N2O2/c17-9-12-3-1-5-14(7-12)11-20-16(19)15-6-2-4-13(8-15)10-18/h1-8H,11H2. The van der Waals surface area contributed by atoms with Crippen molar-refractivity contribution in [2.75, 3.05) is 0 Å². The maximum absolute atomic E-state index is 11.8. The summed E-state index contributed by atoms with van der Waals surface area (Å²) in [6.45, 7) is 0.0884. The van der Waals surface area contributed by atoms with Crippen molar-refractivity contribution < 1.29 is 9.53 Å². The van der Waals surface area contributed by atoms with Crippen LogP contribution in [-0.4, -0.2) is 5.97 Å². The van der Waals surface area contributed by atoms with E-state index in [4.69, 9.17) is 15.3 Å². The summed E-state index contributed by atoms with van der Waals surface area (Å²) in [5.74, 6) is -0.496. The van der Waals surface area contributed by atoms with Crippen LogP contribution in [0, 0.1) is 22.7 Å². The van der Waals surface area contributed by atoms with Gasteiger partial charge in [0.05, 0.1) is 28.8 Å². The summed E-state index contributed by atoms with van der Waals surface area (Å²) >= 11 is 0. The van der Waals surface area contributed by atoms with Gasteiger partial charge in [0.1, 0.15) is 6.61 Å². The predicted octanol–water partition coefficient (Wildman–Crippen LogP) is 2.79. The Morgan fingerprint density at radius 3 is 2.35 bits per heavy atom. The van der Waals surface area contributed by atoms with Gasteiger partial charge in [0.25, 0.3) is 0 Å². The fraction of sp³-hybridized carbons (Fsp3) is 0.0625. The number of nitrogens with zero attached hydrogens (tertiary/aromatic N) is 2. The largest absolute Gasteiger partial charge is 0.457 e. The second-order valence-corrected chi connectivity index (χ2v) is 4.08. The van der Waals surface area contributed by atoms with Crippen LogP contribution in [0.1, 0.15) is 27.0 Å². The highest BCUT2D eigenvalue weighted by Crippen LogP contribution is 2.09. The Kier molecular flexibility index (Phi) is 4.11. The first-order valence-corrected chi connectivity index (χ1v) is 5.89. The summed E-state index contributed by atoms with van der Waals surface area (Å²) in [5.41, 5.74) is 2.00. The maximum atomic E-state index is 11.8. The van der Waals surface area contributed by atoms with E-state index in [0.717, 1.165) is 5.56 Å². The summed E-state index contributed by atoms with van der Waals surface area (Å²) in [6, 6.07) is 17.2. The summed E-state index contributed by atoms with van der Waals surface area (Å²) < 4.78 is 5.16. The van der Waals surface area contributed by atoms with Gasteiger partial charge in [0.15, 0.2) is 0 Å². The van der Waals surface area contributed by atoms with Gasteiger partial charge in [-0.2, -0.15) is 10.5 Å². The van der Waals surface area contributed by atoms with E-state index in [1.807, 2.05) is 12.1 Å². The number of hydrogen-bond acceptors (Lipinski definition) is 4. The lowest BCUT2D eigenvalue weighted by Crippen LogP contribution is -2.05. The third kappa shape index (κ3) is 3.22. The minimum Gasteiger partial charge on any atom is -0.457 e. The molecule has 0 atom stereocenters. The maximum Gasteiger partial charge on any atom is 0.338 e. The molecule has 0 saturated heterocycles. The molecule has 2 aromatic rings. The molecule has 4 heteroatoms. The molecule has 0 aliphatic rings. The van der Waals surface area contributed by atoms with Gasteiger partial charge >= 0.3 is 5.97 Å². The van der Waals surface area contributed by atoms with Crippen molar-refractivity contribution in [2.45, 2.75) is 6.61 Å². The molecule has 0 N–H and O–H groups in total. The van der Waals surface area contributed by atoms with Crippen molar-refractivity contribution in [3.8, 4) is 12.1 Å². The van der Waals surface area contributed by atoms with E-state index < -0.39 is 5.97 Å². The van der Waals surface area contributed by atoms with E-state index in [1.165, 1.54) is 6.07 Å². The van der Waals surface area contributed by atoms with Crippen LogP contribution in [-0.2, 0) is 11.3 Å². The molecule has 0 radical (unpaired) electrons. The Balaban J connectivity index is 2.05. The van der Waals surface area contributed by atoms with Crippen LogP contribution in [0.4, 0.5) is 0 Å². The lowest BCUT2D eigenvalue weighted by molar-refractivity contribution is 0.0472. The summed E-state index contributed by atoms with van der Waals surface area (Å²) in [7, 11) is 0. The number of esters is 1. The number of rotatable bonds is 3. The summed E-state index contributed by atoms with van der Waals surface area (Å²) in [6.07, 6.45) is 0. The molecule has 0 saturated carbocycles. The Morgan fingerprint density at radius 2 is 1.65 bits per heavy atom. The average Bonchev–Trinajstić information content (AvgIpc) is 2.52. The van der Waals surface area contributed by atoms with Gasteiger partial charge in [-0.3, -0.25) is 0 Å². The lowest BCUT2D eigenvalue weighted by Gasteiger charge is -2.05. The Morgan fingerprint density at radius 1 is 1.00 bits per heavy atom. The fourth-order valence-electron chi connectivity index (χ4n) is 1.68. The molecule has 0 bridgehead atoms. The first-order valence-electron chi connectivity index (χ1n) is 5.89. The van der Waals surface area contributed by atoms with Gasteiger partial charge < -0.3 is 4.74 Å². The number of carbonyl (C=O) groups excluding carboxylic acids is 1. The lowest BCUT2D eigenvalue weighted by atomic mass is 10.1. The molecule has 0 amide bonds. The zero-order valence-corrected chi connectivity index (χ0v) is 10.5. The Hall–Kier alpha value is -3.11. The van der Waals surface area contributed by atoms with Gasteiger partial charge in [0, 0.05) is 0 Å². The summed E-state index contributed by atoms with van der Waals surface area (Å²) in [5, 5.41) is 17.6. The van der Waals surface area contributed by atoms with Gasteiger partial charge in [-0.25, -0.2) is 4.79 Å². The fourth-order valence-corrected chi connectivity index (χ4v) is 1.68. The van der Waals surface area contributed by atoms with Gasteiger partial charge in [-0.15, -0.1) is 0 Å². The molecule has 0 fully saturated rings. The van der Waals surface area contributed by atoms with Crippen LogP contribution >= 0.6 is 0 Å². The van der Waals surface area contributed by atoms with E-state index in [1.54, 1.807) is 42.5 Å². The number of carbonyl (C=O) groups is 1. The van der Waals surface area contributed by atoms with Gasteiger partial charge in [-0.05, 0) is 35.9 Å². The summed E-state index contributed by atoms with van der Waals surface area (Å²) in [4.78, 5) is 11.8. The van der Waals surface area contributed by atoms with Crippen molar-refractivity contribution in [3.05, 3.63) is 70.8 Å². The quantitative estimate of drug-likeness (QED) is 0.797. The second-order valence-electron chi connectivity index (χ2n) is 4.08. The molecule has 0 heterocycles. The first-order chi connectivity index (χ1) is 9.72. The van der Waals surface area contributed by atoms with Crippen molar-refractivity contribution in [1.82, 2.24) is 0 Å². The van der Waals surface area contributed by atoms with Crippen LogP contribution in [0.5, 0.6) is 0 Å². The Labute approximate surface area is 116 Å². The minimum atomic E-state index is -0.496. The van der Waals surface area contributed by atoms with Gasteiger partial charge in [0.2, 0.25) is 0 Å². The topological polar surface area (TPSA) is 73.9 Å². The molecule has 0 aliphatic carbocycles. The second kappa shape index (κ2) is 6.17. The highest BCUT2D eigenvalue weighted by molar-refractivity contribution is 5.89. The van der Waals surface area contributed by atoms with Crippen molar-refractivity contribution >= 4 is 5.97 Å². The molecular weight excluding hydrogens is 252 g/mol. The first kappa shape index (κ1) is 13.3. The van der Waals surface area contributed by atoms with E-state index >= 15 is 0 Å². The molecule has 20 heavy (non-hydrogen) atoms. The van der Waals surface area contributed by atoms with Gasteiger partial charge in [-0.1, -0.05) is 18.2 Å². The normalized spacial score (nSPS) is 9.30. The third-order valence-electron chi connectivity index (χ3n) is 2.65. The van der Waals surface area contributed by atoms with Crippen LogP contribution in [0.2, 0.25) is 0 Å². The molecule has 0 unspecified atom stereocenters. The SMILES string of the molecule is N#Cc1cccc(COC(=O)c2cccc(C#N)c2)c1. The highest BCUT2D eigenvalue weighted by atomic mass is 16.5. The van der Waals surface area contributed by atoms with Crippen LogP contribution in [0.3, 0.4) is 0 Å². The monoisotopic (exact) mass is 262 g/mol. The van der Waals surface area contributed by atoms with Crippen LogP contribution in [0.15, 0.2) is 48.5 Å². The molecule has 0 spiro atoms. The molecule has 2 aromatic carbocycles. The van der Waals surface area contributed by atoms with E-state index in [0.29, 0.717) is 16.7 Å². The van der Waals surface area contributed by atoms with E-state index in [9.17, 15) is 4.79 Å². The molecule has 0 aliphatic heterocycles. The predicted molar refractivity (Wildman–Crippen MR) is 71.4 cm³/mol. The number of ether oxygens (including phenoxy) is 1. The number of hydrogen-bond donors (Lipinski definition) is 0. The number of benzene rings is 2. The third-order valence-corrected chi connectivity index (χ3v) is 2.65. The zero-order chi connectivity index (χ0) is 14.4. The average molecular weight is 262 g/mol. The highest BCUT2D eigenvalue weighted by Gasteiger charge is 2.08. The molecular formula is C16H10N2O2. The molecule has 96 valence electrons. The van der Waals surface area contributed by atoms with E-state index in [-0.39, 0.29) is 6.61 Å². The number of nitriles is 2. The minimum absolute atomic E-state index is 0.0884. The Bertz CT molecular complexity index is 724. The zero-order valence-electron chi connectivity index (χ0n) is 10.5. The van der Waals surface area contributed by atoms with Crippen LogP contribution in [0.25, 0.3) is 0 Å². The van der Waals surface area contributed by atoms with E-state index in [2.05, 4.69) is 0 Å². The van der Waals surface area contributed by atoms with Crippen LogP contribution < -0.4 is 0 Å². The van der Waals surface area contributed by atoms with Crippen molar-refractivity contribution in [1.29, 1.82) is 10.5 Å². The molecule has 2 rings (SSSR count). The smallest absolute Gasteiger partial charge is 0.338 e. The molecule has 0 aromatic heterocycles.